The average molecular weight is 230 g/mol. The highest BCUT2D eigenvalue weighted by molar-refractivity contribution is 5.18. The van der Waals surface area contributed by atoms with Gasteiger partial charge in [-0.2, -0.15) is 0 Å². The maximum atomic E-state index is 3.92. The van der Waals surface area contributed by atoms with Crippen LogP contribution in [0.15, 0.2) is 42.7 Å². The van der Waals surface area contributed by atoms with Crippen LogP contribution in [-0.2, 0) is 6.54 Å². The van der Waals surface area contributed by atoms with Crippen LogP contribution in [0, 0.1) is 0 Å². The summed E-state index contributed by atoms with van der Waals surface area (Å²) >= 11 is 0. The Morgan fingerprint density at radius 1 is 1.29 bits per heavy atom. The summed E-state index contributed by atoms with van der Waals surface area (Å²) in [6.07, 6.45) is 3.58. The third-order valence-electron chi connectivity index (χ3n) is 2.81. The van der Waals surface area contributed by atoms with E-state index < -0.39 is 0 Å². The van der Waals surface area contributed by atoms with Crippen molar-refractivity contribution in [2.45, 2.75) is 19.4 Å². The maximum Gasteiger partial charge on any atom is 0.0692 e. The molecule has 2 aromatic rings. The Bertz CT molecular complexity index is 410. The number of aromatic nitrogens is 3. The monoisotopic (exact) mass is 230 g/mol. The van der Waals surface area contributed by atoms with Crippen molar-refractivity contribution in [3.8, 4) is 0 Å². The second-order valence-corrected chi connectivity index (χ2v) is 4.18. The van der Waals surface area contributed by atoms with Gasteiger partial charge in [-0.25, -0.2) is 0 Å². The number of benzene rings is 1. The van der Waals surface area contributed by atoms with Crippen LogP contribution in [-0.4, -0.2) is 28.1 Å². The van der Waals surface area contributed by atoms with Gasteiger partial charge in [-0.1, -0.05) is 42.5 Å². The lowest BCUT2D eigenvalue weighted by Gasteiger charge is -2.12. The van der Waals surface area contributed by atoms with E-state index in [-0.39, 0.29) is 0 Å². The minimum absolute atomic E-state index is 0.534. The molecule has 0 bridgehead atoms. The van der Waals surface area contributed by atoms with Crippen LogP contribution in [0.5, 0.6) is 0 Å². The van der Waals surface area contributed by atoms with Crippen molar-refractivity contribution < 1.29 is 0 Å². The molecule has 2 rings (SSSR count). The van der Waals surface area contributed by atoms with E-state index in [0.29, 0.717) is 5.92 Å². The first-order valence-electron chi connectivity index (χ1n) is 5.96. The minimum Gasteiger partial charge on any atom is -0.314 e. The molecule has 4 nitrogen and oxygen atoms in total. The van der Waals surface area contributed by atoms with Gasteiger partial charge in [-0.15, -0.1) is 5.10 Å². The van der Waals surface area contributed by atoms with Gasteiger partial charge in [0.15, 0.2) is 0 Å². The van der Waals surface area contributed by atoms with Crippen LogP contribution in [0.3, 0.4) is 0 Å². The molecule has 1 aromatic carbocycles. The molecule has 1 N–H and O–H groups in total. The lowest BCUT2D eigenvalue weighted by molar-refractivity contribution is 0.524. The van der Waals surface area contributed by atoms with E-state index in [1.165, 1.54) is 5.56 Å². The molecule has 0 fully saturated rings. The molecule has 0 saturated heterocycles. The standard InChI is InChI=1S/C13H18N4/c1-12(13-5-3-2-4-6-13)11-14-7-9-17-10-8-15-16-17/h2-6,8,10,12,14H,7,9,11H2,1H3. The average Bonchev–Trinajstić information content (AvgIpc) is 2.88. The third kappa shape index (κ3) is 3.67. The fourth-order valence-electron chi connectivity index (χ4n) is 1.76. The molecule has 1 unspecified atom stereocenters. The summed E-state index contributed by atoms with van der Waals surface area (Å²) < 4.78 is 1.83. The van der Waals surface area contributed by atoms with Gasteiger partial charge in [0.2, 0.25) is 0 Å². The van der Waals surface area contributed by atoms with Gasteiger partial charge in [-0.05, 0) is 11.5 Å². The van der Waals surface area contributed by atoms with E-state index in [2.05, 4.69) is 46.8 Å². The first kappa shape index (κ1) is 11.8. The van der Waals surface area contributed by atoms with Gasteiger partial charge in [0.25, 0.3) is 0 Å². The molecular formula is C13H18N4. The predicted molar refractivity (Wildman–Crippen MR) is 67.7 cm³/mol. The van der Waals surface area contributed by atoms with Crippen LogP contribution >= 0.6 is 0 Å². The van der Waals surface area contributed by atoms with Crippen LogP contribution in [0.2, 0.25) is 0 Å². The molecule has 0 radical (unpaired) electrons. The van der Waals surface area contributed by atoms with Gasteiger partial charge in [-0.3, -0.25) is 4.68 Å². The normalized spacial score (nSPS) is 12.5. The summed E-state index contributed by atoms with van der Waals surface area (Å²) in [6.45, 7) is 5.00. The first-order chi connectivity index (χ1) is 8.36. The van der Waals surface area contributed by atoms with Crippen molar-refractivity contribution >= 4 is 0 Å². The molecule has 1 aromatic heterocycles. The van der Waals surface area contributed by atoms with Crippen molar-refractivity contribution in [1.82, 2.24) is 20.3 Å². The van der Waals surface area contributed by atoms with E-state index >= 15 is 0 Å². The third-order valence-corrected chi connectivity index (χ3v) is 2.81. The SMILES string of the molecule is CC(CNCCn1ccnn1)c1ccccc1. The van der Waals surface area contributed by atoms with E-state index in [1.54, 1.807) is 6.20 Å². The van der Waals surface area contributed by atoms with Gasteiger partial charge in [0.05, 0.1) is 12.7 Å². The van der Waals surface area contributed by atoms with Crippen LogP contribution in [0.4, 0.5) is 0 Å². The van der Waals surface area contributed by atoms with Crippen molar-refractivity contribution in [2.75, 3.05) is 13.1 Å². The van der Waals surface area contributed by atoms with Gasteiger partial charge < -0.3 is 5.32 Å². The number of hydrogen-bond donors (Lipinski definition) is 1. The molecule has 1 heterocycles. The molecule has 0 aliphatic heterocycles. The van der Waals surface area contributed by atoms with Crippen LogP contribution < -0.4 is 5.32 Å². The van der Waals surface area contributed by atoms with Crippen molar-refractivity contribution in [3.05, 3.63) is 48.3 Å². The first-order valence-corrected chi connectivity index (χ1v) is 5.96. The zero-order valence-electron chi connectivity index (χ0n) is 10.1. The zero-order valence-corrected chi connectivity index (χ0v) is 10.1. The molecule has 0 spiro atoms. The second kappa shape index (κ2) is 6.15. The molecule has 0 saturated carbocycles. The quantitative estimate of drug-likeness (QED) is 0.768. The van der Waals surface area contributed by atoms with Crippen molar-refractivity contribution in [1.29, 1.82) is 0 Å². The summed E-state index contributed by atoms with van der Waals surface area (Å²) in [5.74, 6) is 0.534. The van der Waals surface area contributed by atoms with E-state index in [4.69, 9.17) is 0 Å². The summed E-state index contributed by atoms with van der Waals surface area (Å²) in [6, 6.07) is 10.6. The number of nitrogens with one attached hydrogen (secondary N) is 1. The Kier molecular flexibility index (Phi) is 4.27. The largest absolute Gasteiger partial charge is 0.314 e. The molecule has 1 atom stereocenters. The van der Waals surface area contributed by atoms with Crippen LogP contribution in [0.25, 0.3) is 0 Å². The van der Waals surface area contributed by atoms with Crippen molar-refractivity contribution in [2.24, 2.45) is 0 Å². The number of nitrogens with zero attached hydrogens (tertiary/aromatic N) is 3. The van der Waals surface area contributed by atoms with Gasteiger partial charge in [0, 0.05) is 19.3 Å². The van der Waals surface area contributed by atoms with Crippen LogP contribution in [0.1, 0.15) is 18.4 Å². The highest BCUT2D eigenvalue weighted by atomic mass is 15.4. The smallest absolute Gasteiger partial charge is 0.0692 e. The Morgan fingerprint density at radius 3 is 2.82 bits per heavy atom. The lowest BCUT2D eigenvalue weighted by atomic mass is 10.0. The summed E-state index contributed by atoms with van der Waals surface area (Å²) in [5.41, 5.74) is 1.38. The Labute approximate surface area is 102 Å². The van der Waals surface area contributed by atoms with Crippen molar-refractivity contribution in [3.63, 3.8) is 0 Å². The fourth-order valence-corrected chi connectivity index (χ4v) is 1.76. The maximum absolute atomic E-state index is 3.92. The Hall–Kier alpha value is -1.68. The van der Waals surface area contributed by atoms with E-state index in [9.17, 15) is 0 Å². The Morgan fingerprint density at radius 2 is 2.12 bits per heavy atom. The molecule has 0 aliphatic carbocycles. The molecule has 4 heteroatoms. The van der Waals surface area contributed by atoms with E-state index in [0.717, 1.165) is 19.6 Å². The second-order valence-electron chi connectivity index (χ2n) is 4.18. The van der Waals surface area contributed by atoms with E-state index in [1.807, 2.05) is 16.9 Å². The topological polar surface area (TPSA) is 42.7 Å². The molecule has 17 heavy (non-hydrogen) atoms. The molecule has 0 aliphatic rings. The fraction of sp³-hybridized carbons (Fsp3) is 0.385. The molecule has 90 valence electrons. The molecule has 0 amide bonds. The predicted octanol–water partition coefficient (Wildman–Crippen LogP) is 1.67. The summed E-state index contributed by atoms with van der Waals surface area (Å²) in [4.78, 5) is 0. The number of hydrogen-bond acceptors (Lipinski definition) is 3. The Balaban J connectivity index is 1.68. The lowest BCUT2D eigenvalue weighted by Crippen LogP contribution is -2.24. The van der Waals surface area contributed by atoms with Gasteiger partial charge >= 0.3 is 0 Å². The summed E-state index contributed by atoms with van der Waals surface area (Å²) in [5, 5.41) is 11.1. The summed E-state index contributed by atoms with van der Waals surface area (Å²) in [7, 11) is 0. The minimum atomic E-state index is 0.534. The highest BCUT2D eigenvalue weighted by Crippen LogP contribution is 2.12. The van der Waals surface area contributed by atoms with Gasteiger partial charge in [0.1, 0.15) is 0 Å². The highest BCUT2D eigenvalue weighted by Gasteiger charge is 2.03. The zero-order chi connectivity index (χ0) is 11.9. The molecular weight excluding hydrogens is 212 g/mol. The number of rotatable bonds is 6.